The van der Waals surface area contributed by atoms with Gasteiger partial charge in [0, 0.05) is 58.4 Å². The molecule has 2 fully saturated rings. The lowest BCUT2D eigenvalue weighted by atomic mass is 10.0. The number of hydrogen-bond acceptors (Lipinski definition) is 7. The summed E-state index contributed by atoms with van der Waals surface area (Å²) < 4.78 is 13.1. The van der Waals surface area contributed by atoms with Gasteiger partial charge in [-0.15, -0.1) is 10.2 Å². The smallest absolute Gasteiger partial charge is 0.272 e. The molecule has 3 aromatic rings. The molecule has 1 N–H and O–H groups in total. The topological polar surface area (TPSA) is 88.4 Å². The largest absolute Gasteiger partial charge is 0.353 e. The van der Waals surface area contributed by atoms with Crippen molar-refractivity contribution in [2.75, 3.05) is 44.2 Å². The number of aromatic nitrogens is 2. The molecule has 0 unspecified atom stereocenters. The summed E-state index contributed by atoms with van der Waals surface area (Å²) in [5.41, 5.74) is 3.30. The van der Waals surface area contributed by atoms with Crippen LogP contribution in [0.1, 0.15) is 40.0 Å². The van der Waals surface area contributed by atoms with E-state index in [1.807, 2.05) is 42.5 Å². The molecule has 1 amide bonds. The molecular weight excluding hydrogens is 481 g/mol. The number of piperidine rings is 1. The molecule has 2 aliphatic rings. The van der Waals surface area contributed by atoms with Crippen LogP contribution in [0.25, 0.3) is 0 Å². The van der Waals surface area contributed by atoms with Gasteiger partial charge in [-0.25, -0.2) is 4.39 Å². The van der Waals surface area contributed by atoms with Crippen molar-refractivity contribution in [2.24, 2.45) is 0 Å². The SMILES string of the molecule is N#Cc1ccc(CN2CCC(NC(=O)c3ccc(N4CCN(Cc5ccc(F)cc5)CC4)nn3)CC2)cc1. The third-order valence-electron chi connectivity index (χ3n) is 7.31. The van der Waals surface area contributed by atoms with Gasteiger partial charge in [0.25, 0.3) is 5.91 Å². The highest BCUT2D eigenvalue weighted by Gasteiger charge is 2.23. The number of benzene rings is 2. The van der Waals surface area contributed by atoms with Crippen molar-refractivity contribution in [3.63, 3.8) is 0 Å². The highest BCUT2D eigenvalue weighted by atomic mass is 19.1. The van der Waals surface area contributed by atoms with E-state index >= 15 is 0 Å². The van der Waals surface area contributed by atoms with Gasteiger partial charge in [0.15, 0.2) is 11.5 Å². The number of halogens is 1. The molecule has 0 spiro atoms. The Morgan fingerprint density at radius 2 is 1.45 bits per heavy atom. The van der Waals surface area contributed by atoms with Crippen LogP contribution in [0.5, 0.6) is 0 Å². The molecule has 9 heteroatoms. The first-order chi connectivity index (χ1) is 18.6. The summed E-state index contributed by atoms with van der Waals surface area (Å²) in [5.74, 6) is 0.383. The molecule has 196 valence electrons. The maximum atomic E-state index is 13.1. The predicted molar refractivity (Wildman–Crippen MR) is 143 cm³/mol. The molecule has 0 bridgehead atoms. The van der Waals surface area contributed by atoms with Gasteiger partial charge in [-0.2, -0.15) is 5.26 Å². The second-order valence-electron chi connectivity index (χ2n) is 10.00. The summed E-state index contributed by atoms with van der Waals surface area (Å²) in [6.07, 6.45) is 1.77. The van der Waals surface area contributed by atoms with Crippen molar-refractivity contribution < 1.29 is 9.18 Å². The van der Waals surface area contributed by atoms with Crippen LogP contribution in [0.3, 0.4) is 0 Å². The van der Waals surface area contributed by atoms with E-state index in [1.165, 1.54) is 17.7 Å². The van der Waals surface area contributed by atoms with Crippen molar-refractivity contribution in [1.29, 1.82) is 5.26 Å². The Hall–Kier alpha value is -3.87. The number of anilines is 1. The lowest BCUT2D eigenvalue weighted by Crippen LogP contribution is -2.46. The van der Waals surface area contributed by atoms with E-state index in [0.717, 1.165) is 76.6 Å². The van der Waals surface area contributed by atoms with Crippen LogP contribution in [0.2, 0.25) is 0 Å². The van der Waals surface area contributed by atoms with Gasteiger partial charge in [-0.1, -0.05) is 24.3 Å². The molecule has 2 aliphatic heterocycles. The van der Waals surface area contributed by atoms with Crippen LogP contribution < -0.4 is 10.2 Å². The number of likely N-dealkylation sites (tertiary alicyclic amines) is 1. The van der Waals surface area contributed by atoms with Crippen LogP contribution in [0.15, 0.2) is 60.7 Å². The lowest BCUT2D eigenvalue weighted by molar-refractivity contribution is 0.0903. The average Bonchev–Trinajstić information content (AvgIpc) is 2.96. The number of hydrogen-bond donors (Lipinski definition) is 1. The fourth-order valence-corrected chi connectivity index (χ4v) is 5.04. The van der Waals surface area contributed by atoms with Gasteiger partial charge in [0.1, 0.15) is 5.82 Å². The molecule has 2 aromatic carbocycles. The molecule has 0 atom stereocenters. The number of nitrogens with one attached hydrogen (secondary N) is 1. The normalized spacial score (nSPS) is 17.2. The highest BCUT2D eigenvalue weighted by molar-refractivity contribution is 5.92. The molecule has 8 nitrogen and oxygen atoms in total. The van der Waals surface area contributed by atoms with Crippen LogP contribution in [0.4, 0.5) is 10.2 Å². The van der Waals surface area contributed by atoms with Crippen LogP contribution in [0, 0.1) is 17.1 Å². The minimum absolute atomic E-state index is 0.121. The molecular formula is C29H32FN7O. The van der Waals surface area contributed by atoms with E-state index < -0.39 is 0 Å². The first-order valence-electron chi connectivity index (χ1n) is 13.1. The predicted octanol–water partition coefficient (Wildman–Crippen LogP) is 3.20. The van der Waals surface area contributed by atoms with Crippen molar-refractivity contribution in [3.8, 4) is 6.07 Å². The third-order valence-corrected chi connectivity index (χ3v) is 7.31. The van der Waals surface area contributed by atoms with E-state index in [1.54, 1.807) is 6.07 Å². The Morgan fingerprint density at radius 3 is 2.03 bits per heavy atom. The molecule has 5 rings (SSSR count). The highest BCUT2D eigenvalue weighted by Crippen LogP contribution is 2.17. The monoisotopic (exact) mass is 513 g/mol. The maximum absolute atomic E-state index is 13.1. The number of carbonyl (C=O) groups excluding carboxylic acids is 1. The van der Waals surface area contributed by atoms with Crippen molar-refractivity contribution in [3.05, 3.63) is 88.9 Å². The summed E-state index contributed by atoms with van der Waals surface area (Å²) >= 11 is 0. The number of piperazine rings is 1. The Morgan fingerprint density at radius 1 is 0.842 bits per heavy atom. The molecule has 3 heterocycles. The molecule has 0 saturated carbocycles. The van der Waals surface area contributed by atoms with Crippen molar-refractivity contribution in [2.45, 2.75) is 32.0 Å². The molecule has 0 radical (unpaired) electrons. The van der Waals surface area contributed by atoms with Crippen LogP contribution in [-0.4, -0.2) is 71.2 Å². The summed E-state index contributed by atoms with van der Waals surface area (Å²) in [6, 6.07) is 20.3. The first-order valence-corrected chi connectivity index (χ1v) is 13.1. The molecule has 38 heavy (non-hydrogen) atoms. The lowest BCUT2D eigenvalue weighted by Gasteiger charge is -2.35. The second kappa shape index (κ2) is 12.1. The molecule has 2 saturated heterocycles. The van der Waals surface area contributed by atoms with Gasteiger partial charge >= 0.3 is 0 Å². The Labute approximate surface area is 222 Å². The van der Waals surface area contributed by atoms with Gasteiger partial charge in [-0.3, -0.25) is 14.6 Å². The summed E-state index contributed by atoms with van der Waals surface area (Å²) in [7, 11) is 0. The quantitative estimate of drug-likeness (QED) is 0.519. The van der Waals surface area contributed by atoms with Gasteiger partial charge in [-0.05, 0) is 60.4 Å². The number of carbonyl (C=O) groups is 1. The van der Waals surface area contributed by atoms with E-state index in [0.29, 0.717) is 11.3 Å². The zero-order valence-corrected chi connectivity index (χ0v) is 21.4. The number of rotatable bonds is 7. The van der Waals surface area contributed by atoms with E-state index in [2.05, 4.69) is 36.3 Å². The number of amides is 1. The zero-order valence-electron chi connectivity index (χ0n) is 21.4. The fraction of sp³-hybridized carbons (Fsp3) is 0.379. The summed E-state index contributed by atoms with van der Waals surface area (Å²) in [4.78, 5) is 19.7. The van der Waals surface area contributed by atoms with Gasteiger partial charge < -0.3 is 10.2 Å². The van der Waals surface area contributed by atoms with Crippen molar-refractivity contribution in [1.82, 2.24) is 25.3 Å². The fourth-order valence-electron chi connectivity index (χ4n) is 5.04. The Bertz CT molecular complexity index is 1240. The van der Waals surface area contributed by atoms with E-state index in [4.69, 9.17) is 5.26 Å². The average molecular weight is 514 g/mol. The Kier molecular flexibility index (Phi) is 8.22. The molecule has 0 aliphatic carbocycles. The Balaban J connectivity index is 1.05. The van der Waals surface area contributed by atoms with Crippen molar-refractivity contribution >= 4 is 11.7 Å². The number of nitrogens with zero attached hydrogens (tertiary/aromatic N) is 6. The van der Waals surface area contributed by atoms with E-state index in [9.17, 15) is 9.18 Å². The second-order valence-corrected chi connectivity index (χ2v) is 10.00. The number of nitriles is 1. The summed E-state index contributed by atoms with van der Waals surface area (Å²) in [5, 5.41) is 20.6. The minimum atomic E-state index is -0.212. The van der Waals surface area contributed by atoms with Crippen LogP contribution >= 0.6 is 0 Å². The zero-order chi connectivity index (χ0) is 26.3. The van der Waals surface area contributed by atoms with Gasteiger partial charge in [0.05, 0.1) is 11.6 Å². The minimum Gasteiger partial charge on any atom is -0.353 e. The summed E-state index contributed by atoms with van der Waals surface area (Å²) in [6.45, 7) is 6.86. The maximum Gasteiger partial charge on any atom is 0.272 e. The molecule has 1 aromatic heterocycles. The third kappa shape index (κ3) is 6.71. The van der Waals surface area contributed by atoms with Crippen LogP contribution in [-0.2, 0) is 13.1 Å². The first kappa shape index (κ1) is 25.8. The van der Waals surface area contributed by atoms with Gasteiger partial charge in [0.2, 0.25) is 0 Å². The standard InChI is InChI=1S/C29H32FN7O/c30-25-7-5-24(6-8-25)21-36-15-17-37(18-16-36)28-10-9-27(33-34-28)29(38)32-26-11-13-35(14-12-26)20-23-3-1-22(19-31)2-4-23/h1-10,26H,11-18,20-21H2,(H,32,38). The van der Waals surface area contributed by atoms with E-state index in [-0.39, 0.29) is 17.8 Å².